The van der Waals surface area contributed by atoms with Crippen LogP contribution in [0, 0.1) is 12.3 Å². The molecule has 0 bridgehead atoms. The van der Waals surface area contributed by atoms with Crippen molar-refractivity contribution < 1.29 is 29.1 Å². The third-order valence-corrected chi connectivity index (χ3v) is 5.65. The predicted octanol–water partition coefficient (Wildman–Crippen LogP) is 0.0550. The number of nitrogens with zero attached hydrogens (tertiary/aromatic N) is 2. The molecule has 0 fully saturated rings. The Kier molecular flexibility index (Phi) is 11.5. The first-order valence-corrected chi connectivity index (χ1v) is 11.8. The quantitative estimate of drug-likeness (QED) is 0.271. The van der Waals surface area contributed by atoms with E-state index in [2.05, 4.69) is 16.6 Å². The van der Waals surface area contributed by atoms with Crippen LogP contribution in [0.4, 0.5) is 0 Å². The van der Waals surface area contributed by atoms with Gasteiger partial charge in [0.15, 0.2) is 0 Å². The van der Waals surface area contributed by atoms with Crippen LogP contribution in [-0.4, -0.2) is 77.2 Å². The predicted molar refractivity (Wildman–Crippen MR) is 139 cm³/mol. The van der Waals surface area contributed by atoms with Crippen molar-refractivity contribution in [2.75, 3.05) is 32.7 Å². The zero-order valence-corrected chi connectivity index (χ0v) is 21.0. The number of terminal acetylenes is 1. The summed E-state index contributed by atoms with van der Waals surface area (Å²) in [5, 5.41) is 13.5. The van der Waals surface area contributed by atoms with Gasteiger partial charge in [0.2, 0.25) is 23.6 Å². The number of nitrogens with one attached hydrogen (secondary N) is 2. The zero-order valence-electron chi connectivity index (χ0n) is 21.0. The standard InChI is InChI=1S/C27H31N5O6/c1-3-22(21-12-8-5-9-13-21)32(18-24(34)30-16-27(37)38)26(36)15-29-23(33)17-31(25(35)14-28)19(2)20-10-6-4-7-11-20/h1,4-13,19,22H,14-18,28H2,2H3,(H,29,33)(H,30,34)(H,37,38)/t19-,22-/m0/s1. The molecular weight excluding hydrogens is 490 g/mol. The minimum absolute atomic E-state index is 0.302. The summed E-state index contributed by atoms with van der Waals surface area (Å²) in [6.07, 6.45) is 5.69. The van der Waals surface area contributed by atoms with Crippen molar-refractivity contribution in [3.05, 3.63) is 71.8 Å². The summed E-state index contributed by atoms with van der Waals surface area (Å²) < 4.78 is 0. The van der Waals surface area contributed by atoms with E-state index >= 15 is 0 Å². The van der Waals surface area contributed by atoms with Gasteiger partial charge in [0, 0.05) is 0 Å². The van der Waals surface area contributed by atoms with Crippen LogP contribution in [0.15, 0.2) is 60.7 Å². The highest BCUT2D eigenvalue weighted by Gasteiger charge is 2.27. The van der Waals surface area contributed by atoms with Crippen LogP contribution < -0.4 is 16.4 Å². The van der Waals surface area contributed by atoms with Crippen LogP contribution in [-0.2, 0) is 24.0 Å². The molecule has 11 nitrogen and oxygen atoms in total. The van der Waals surface area contributed by atoms with Crippen molar-refractivity contribution >= 4 is 29.6 Å². The molecule has 2 aromatic rings. The first kappa shape index (κ1) is 29.5. The maximum atomic E-state index is 13.1. The molecule has 0 aromatic heterocycles. The molecule has 0 spiro atoms. The Balaban J connectivity index is 2.14. The second kappa shape index (κ2) is 14.8. The minimum Gasteiger partial charge on any atom is -0.480 e. The van der Waals surface area contributed by atoms with Crippen LogP contribution in [0.25, 0.3) is 0 Å². The molecule has 0 unspecified atom stereocenters. The molecule has 2 atom stereocenters. The van der Waals surface area contributed by atoms with Gasteiger partial charge >= 0.3 is 5.97 Å². The highest BCUT2D eigenvalue weighted by molar-refractivity contribution is 5.91. The van der Waals surface area contributed by atoms with Gasteiger partial charge in [-0.15, -0.1) is 6.42 Å². The first-order chi connectivity index (χ1) is 18.2. The number of benzene rings is 2. The summed E-state index contributed by atoms with van der Waals surface area (Å²) in [5.41, 5.74) is 6.90. The smallest absolute Gasteiger partial charge is 0.322 e. The summed E-state index contributed by atoms with van der Waals surface area (Å²) in [7, 11) is 0. The fourth-order valence-corrected chi connectivity index (χ4v) is 3.67. The van der Waals surface area contributed by atoms with Crippen molar-refractivity contribution in [3.8, 4) is 12.3 Å². The number of rotatable bonds is 13. The highest BCUT2D eigenvalue weighted by Crippen LogP contribution is 2.21. The Bertz CT molecular complexity index is 1170. The monoisotopic (exact) mass is 521 g/mol. The normalized spacial score (nSPS) is 11.8. The number of amides is 4. The Morgan fingerprint density at radius 2 is 1.34 bits per heavy atom. The van der Waals surface area contributed by atoms with Gasteiger partial charge in [-0.1, -0.05) is 66.6 Å². The molecule has 0 aliphatic rings. The molecule has 0 radical (unpaired) electrons. The molecule has 200 valence electrons. The fourth-order valence-electron chi connectivity index (χ4n) is 3.67. The number of carboxylic acids is 1. The molecule has 0 saturated heterocycles. The molecule has 0 aliphatic carbocycles. The third kappa shape index (κ3) is 8.76. The van der Waals surface area contributed by atoms with Gasteiger partial charge in [0.05, 0.1) is 19.1 Å². The van der Waals surface area contributed by atoms with Gasteiger partial charge in [0.25, 0.3) is 0 Å². The summed E-state index contributed by atoms with van der Waals surface area (Å²) >= 11 is 0. The molecule has 4 amide bonds. The van der Waals surface area contributed by atoms with Crippen molar-refractivity contribution in [3.63, 3.8) is 0 Å². The molecule has 0 saturated carbocycles. The number of carbonyl (C=O) groups is 5. The maximum Gasteiger partial charge on any atom is 0.322 e. The Labute approximate surface area is 221 Å². The summed E-state index contributed by atoms with van der Waals surface area (Å²) in [5.74, 6) is -1.25. The lowest BCUT2D eigenvalue weighted by molar-refractivity contribution is -0.140. The lowest BCUT2D eigenvalue weighted by Gasteiger charge is -2.30. The van der Waals surface area contributed by atoms with Crippen molar-refractivity contribution in [1.82, 2.24) is 20.4 Å². The van der Waals surface area contributed by atoms with Crippen molar-refractivity contribution in [2.45, 2.75) is 19.0 Å². The Morgan fingerprint density at radius 3 is 1.84 bits per heavy atom. The second-order valence-corrected chi connectivity index (χ2v) is 8.26. The van der Waals surface area contributed by atoms with E-state index < -0.39 is 61.3 Å². The van der Waals surface area contributed by atoms with Crippen molar-refractivity contribution in [2.24, 2.45) is 5.73 Å². The SMILES string of the molecule is C#C[C@@H](c1ccccc1)N(CC(=O)NCC(=O)O)C(=O)CNC(=O)CN(C(=O)CN)[C@@H](C)c1ccccc1. The van der Waals surface area contributed by atoms with Crippen LogP contribution in [0.2, 0.25) is 0 Å². The summed E-state index contributed by atoms with van der Waals surface area (Å²) in [6, 6.07) is 16.2. The largest absolute Gasteiger partial charge is 0.480 e. The second-order valence-electron chi connectivity index (χ2n) is 8.26. The average Bonchev–Trinajstić information content (AvgIpc) is 2.93. The molecule has 0 heterocycles. The van der Waals surface area contributed by atoms with E-state index in [1.807, 2.05) is 30.3 Å². The minimum atomic E-state index is -1.25. The molecule has 2 aromatic carbocycles. The lowest BCUT2D eigenvalue weighted by Crippen LogP contribution is -2.49. The maximum absolute atomic E-state index is 13.1. The van der Waals surface area contributed by atoms with E-state index in [9.17, 15) is 24.0 Å². The number of hydrogen-bond donors (Lipinski definition) is 4. The number of aliphatic carboxylic acids is 1. The lowest BCUT2D eigenvalue weighted by atomic mass is 10.1. The molecule has 38 heavy (non-hydrogen) atoms. The van der Waals surface area contributed by atoms with Gasteiger partial charge in [-0.05, 0) is 18.1 Å². The first-order valence-electron chi connectivity index (χ1n) is 11.8. The van der Waals surface area contributed by atoms with E-state index in [0.29, 0.717) is 5.56 Å². The summed E-state index contributed by atoms with van der Waals surface area (Å²) in [4.78, 5) is 63.9. The average molecular weight is 522 g/mol. The molecule has 5 N–H and O–H groups in total. The fraction of sp³-hybridized carbons (Fsp3) is 0.296. The number of carboxylic acid groups (broad SMARTS) is 1. The summed E-state index contributed by atoms with van der Waals surface area (Å²) in [6.45, 7) is -0.571. The van der Waals surface area contributed by atoms with E-state index in [1.165, 1.54) is 4.90 Å². The van der Waals surface area contributed by atoms with E-state index in [1.54, 1.807) is 37.3 Å². The number of hydrogen-bond acceptors (Lipinski definition) is 6. The molecule has 0 aliphatic heterocycles. The van der Waals surface area contributed by atoms with Crippen LogP contribution in [0.5, 0.6) is 0 Å². The van der Waals surface area contributed by atoms with Gasteiger partial charge in [-0.2, -0.15) is 0 Å². The van der Waals surface area contributed by atoms with Crippen LogP contribution in [0.3, 0.4) is 0 Å². The van der Waals surface area contributed by atoms with E-state index in [4.69, 9.17) is 17.3 Å². The van der Waals surface area contributed by atoms with Crippen molar-refractivity contribution in [1.29, 1.82) is 0 Å². The van der Waals surface area contributed by atoms with Crippen LogP contribution in [0.1, 0.15) is 30.1 Å². The Morgan fingerprint density at radius 1 is 0.842 bits per heavy atom. The third-order valence-electron chi connectivity index (χ3n) is 5.65. The number of carbonyl (C=O) groups excluding carboxylic acids is 4. The van der Waals surface area contributed by atoms with Crippen LogP contribution >= 0.6 is 0 Å². The van der Waals surface area contributed by atoms with Gasteiger partial charge < -0.3 is 31.3 Å². The van der Waals surface area contributed by atoms with Gasteiger partial charge in [-0.25, -0.2) is 0 Å². The molecular formula is C27H31N5O6. The zero-order chi connectivity index (χ0) is 28.1. The van der Waals surface area contributed by atoms with Gasteiger partial charge in [0.1, 0.15) is 25.7 Å². The topological polar surface area (TPSA) is 162 Å². The Hall–Kier alpha value is -4.69. The van der Waals surface area contributed by atoms with E-state index in [0.717, 1.165) is 10.5 Å². The molecule has 2 rings (SSSR count). The van der Waals surface area contributed by atoms with E-state index in [-0.39, 0.29) is 13.1 Å². The molecule has 11 heteroatoms. The highest BCUT2D eigenvalue weighted by atomic mass is 16.4. The number of nitrogens with two attached hydrogens (primary N) is 1. The van der Waals surface area contributed by atoms with Gasteiger partial charge in [-0.3, -0.25) is 24.0 Å².